The van der Waals surface area contributed by atoms with Crippen LogP contribution in [0, 0.1) is 12.3 Å². The number of esters is 1. The summed E-state index contributed by atoms with van der Waals surface area (Å²) in [6.45, 7) is 2.50. The molecule has 0 spiro atoms. The van der Waals surface area contributed by atoms with E-state index in [9.17, 15) is 4.79 Å². The Kier molecular flexibility index (Phi) is 4.88. The molecule has 1 N–H and O–H groups in total. The van der Waals surface area contributed by atoms with E-state index >= 15 is 0 Å². The van der Waals surface area contributed by atoms with Crippen LogP contribution in [0.5, 0.6) is 0 Å². The second-order valence-corrected chi connectivity index (χ2v) is 3.76. The van der Waals surface area contributed by atoms with Crippen molar-refractivity contribution in [3.63, 3.8) is 0 Å². The van der Waals surface area contributed by atoms with Crippen LogP contribution in [0.4, 0.5) is 0 Å². The van der Waals surface area contributed by atoms with Crippen LogP contribution in [0.25, 0.3) is 0 Å². The first kappa shape index (κ1) is 11.8. The highest BCUT2D eigenvalue weighted by Crippen LogP contribution is 2.19. The van der Waals surface area contributed by atoms with E-state index in [2.05, 4.69) is 11.2 Å². The Balaban J connectivity index is 2.70. The van der Waals surface area contributed by atoms with Crippen LogP contribution in [0.3, 0.4) is 0 Å². The third kappa shape index (κ3) is 3.39. The van der Waals surface area contributed by atoms with Gasteiger partial charge in [-0.3, -0.25) is 5.32 Å². The molecule has 0 aliphatic carbocycles. The number of hydrogen-bond donors (Lipinski definition) is 1. The van der Waals surface area contributed by atoms with Gasteiger partial charge in [0.05, 0.1) is 13.2 Å². The molecule has 0 saturated carbocycles. The van der Waals surface area contributed by atoms with Gasteiger partial charge in [0.2, 0.25) is 0 Å². The monoisotopic (exact) mass is 223 g/mol. The predicted molar refractivity (Wildman–Crippen MR) is 60.5 cm³/mol. The zero-order valence-electron chi connectivity index (χ0n) is 8.53. The molecular formula is C11H13NO2S. The summed E-state index contributed by atoms with van der Waals surface area (Å²) in [5, 5.41) is 4.87. The third-order valence-corrected chi connectivity index (χ3v) is 2.70. The van der Waals surface area contributed by atoms with Crippen molar-refractivity contribution < 1.29 is 9.53 Å². The molecule has 0 aromatic carbocycles. The zero-order valence-corrected chi connectivity index (χ0v) is 9.34. The van der Waals surface area contributed by atoms with E-state index in [4.69, 9.17) is 11.2 Å². The molecule has 0 amide bonds. The summed E-state index contributed by atoms with van der Waals surface area (Å²) in [5.74, 6) is 2.16. The fourth-order valence-corrected chi connectivity index (χ4v) is 1.93. The Morgan fingerprint density at radius 2 is 2.60 bits per heavy atom. The second kappa shape index (κ2) is 6.23. The molecule has 15 heavy (non-hydrogen) atoms. The summed E-state index contributed by atoms with van der Waals surface area (Å²) in [7, 11) is 0. The highest BCUT2D eigenvalue weighted by Gasteiger charge is 2.21. The van der Waals surface area contributed by atoms with Crippen LogP contribution in [0.2, 0.25) is 0 Å². The first-order valence-electron chi connectivity index (χ1n) is 4.66. The standard InChI is InChI=1S/C11H13NO2S/c1-3-7-12-10(11(13)14-4-2)9-6-5-8-15-9/h1,5-6,8,10,12H,4,7H2,2H3. The minimum atomic E-state index is -0.444. The number of terminal acetylenes is 1. The van der Waals surface area contributed by atoms with E-state index in [-0.39, 0.29) is 5.97 Å². The van der Waals surface area contributed by atoms with Gasteiger partial charge in [0.15, 0.2) is 0 Å². The van der Waals surface area contributed by atoms with Gasteiger partial charge in [-0.15, -0.1) is 17.8 Å². The average Bonchev–Trinajstić information content (AvgIpc) is 2.72. The number of hydrogen-bond acceptors (Lipinski definition) is 4. The van der Waals surface area contributed by atoms with Crippen LogP contribution in [-0.4, -0.2) is 19.1 Å². The van der Waals surface area contributed by atoms with Gasteiger partial charge in [-0.25, -0.2) is 4.79 Å². The molecule has 1 unspecified atom stereocenters. The van der Waals surface area contributed by atoms with Crippen molar-refractivity contribution in [3.05, 3.63) is 22.4 Å². The summed E-state index contributed by atoms with van der Waals surface area (Å²) in [6, 6.07) is 3.33. The van der Waals surface area contributed by atoms with Gasteiger partial charge in [0, 0.05) is 4.88 Å². The first-order chi connectivity index (χ1) is 7.29. The predicted octanol–water partition coefficient (Wildman–Crippen LogP) is 1.58. The lowest BCUT2D eigenvalue weighted by Crippen LogP contribution is -2.29. The third-order valence-electron chi connectivity index (χ3n) is 1.76. The number of nitrogens with one attached hydrogen (secondary N) is 1. The smallest absolute Gasteiger partial charge is 0.328 e. The van der Waals surface area contributed by atoms with Gasteiger partial charge in [-0.1, -0.05) is 12.0 Å². The quantitative estimate of drug-likeness (QED) is 0.608. The van der Waals surface area contributed by atoms with E-state index < -0.39 is 6.04 Å². The maximum Gasteiger partial charge on any atom is 0.328 e. The lowest BCUT2D eigenvalue weighted by atomic mass is 10.2. The number of carbonyl (C=O) groups is 1. The summed E-state index contributed by atoms with van der Waals surface area (Å²) in [4.78, 5) is 12.5. The van der Waals surface area contributed by atoms with E-state index in [1.54, 1.807) is 6.92 Å². The molecule has 1 aromatic rings. The maximum absolute atomic E-state index is 11.6. The molecule has 1 atom stereocenters. The van der Waals surface area contributed by atoms with Crippen LogP contribution in [-0.2, 0) is 9.53 Å². The molecule has 0 saturated heterocycles. The molecule has 1 heterocycles. The van der Waals surface area contributed by atoms with Crippen molar-refractivity contribution in [3.8, 4) is 12.3 Å². The topological polar surface area (TPSA) is 38.3 Å². The summed E-state index contributed by atoms with van der Waals surface area (Å²) < 4.78 is 4.96. The molecule has 4 heteroatoms. The van der Waals surface area contributed by atoms with Crippen LogP contribution in [0.15, 0.2) is 17.5 Å². The Labute approximate surface area is 93.5 Å². The van der Waals surface area contributed by atoms with Gasteiger partial charge in [0.25, 0.3) is 0 Å². The zero-order chi connectivity index (χ0) is 11.1. The van der Waals surface area contributed by atoms with Gasteiger partial charge in [0.1, 0.15) is 6.04 Å². The van der Waals surface area contributed by atoms with Crippen LogP contribution >= 0.6 is 11.3 Å². The van der Waals surface area contributed by atoms with Crippen molar-refractivity contribution in [1.82, 2.24) is 5.32 Å². The Hall–Kier alpha value is -1.31. The summed E-state index contributed by atoms with van der Waals surface area (Å²) >= 11 is 1.50. The highest BCUT2D eigenvalue weighted by atomic mass is 32.1. The molecule has 0 bridgehead atoms. The number of carbonyl (C=O) groups excluding carboxylic acids is 1. The molecule has 3 nitrogen and oxygen atoms in total. The van der Waals surface area contributed by atoms with Gasteiger partial charge < -0.3 is 4.74 Å². The van der Waals surface area contributed by atoms with Crippen molar-refractivity contribution in [1.29, 1.82) is 0 Å². The van der Waals surface area contributed by atoms with Crippen molar-refractivity contribution in [2.24, 2.45) is 0 Å². The molecule has 1 rings (SSSR count). The van der Waals surface area contributed by atoms with Crippen molar-refractivity contribution in [2.75, 3.05) is 13.2 Å². The number of ether oxygens (including phenoxy) is 1. The molecule has 80 valence electrons. The Morgan fingerprint density at radius 1 is 1.80 bits per heavy atom. The summed E-state index contributed by atoms with van der Waals surface area (Å²) in [5.41, 5.74) is 0. The van der Waals surface area contributed by atoms with Crippen LogP contribution < -0.4 is 5.32 Å². The fourth-order valence-electron chi connectivity index (χ4n) is 1.14. The van der Waals surface area contributed by atoms with Gasteiger partial charge in [-0.05, 0) is 18.4 Å². The highest BCUT2D eigenvalue weighted by molar-refractivity contribution is 7.10. The molecule has 0 aliphatic heterocycles. The summed E-state index contributed by atoms with van der Waals surface area (Å²) in [6.07, 6.45) is 5.14. The molecule has 1 aromatic heterocycles. The average molecular weight is 223 g/mol. The molecular weight excluding hydrogens is 210 g/mol. The fraction of sp³-hybridized carbons (Fsp3) is 0.364. The van der Waals surface area contributed by atoms with Crippen molar-refractivity contribution in [2.45, 2.75) is 13.0 Å². The first-order valence-corrected chi connectivity index (χ1v) is 5.54. The Morgan fingerprint density at radius 3 is 3.13 bits per heavy atom. The largest absolute Gasteiger partial charge is 0.465 e. The van der Waals surface area contributed by atoms with Gasteiger partial charge in [-0.2, -0.15) is 0 Å². The second-order valence-electron chi connectivity index (χ2n) is 2.79. The minimum Gasteiger partial charge on any atom is -0.465 e. The van der Waals surface area contributed by atoms with Gasteiger partial charge >= 0.3 is 5.97 Å². The van der Waals surface area contributed by atoms with E-state index in [1.807, 2.05) is 17.5 Å². The molecule has 0 fully saturated rings. The lowest BCUT2D eigenvalue weighted by Gasteiger charge is -2.13. The molecule has 0 radical (unpaired) electrons. The number of thiophene rings is 1. The van der Waals surface area contributed by atoms with E-state index in [0.29, 0.717) is 13.2 Å². The SMILES string of the molecule is C#CCNC(C(=O)OCC)c1cccs1. The van der Waals surface area contributed by atoms with E-state index in [1.165, 1.54) is 11.3 Å². The van der Waals surface area contributed by atoms with Crippen molar-refractivity contribution >= 4 is 17.3 Å². The normalized spacial score (nSPS) is 11.7. The molecule has 0 aliphatic rings. The van der Waals surface area contributed by atoms with E-state index in [0.717, 1.165) is 4.88 Å². The Bertz CT molecular complexity index is 340. The maximum atomic E-state index is 11.6. The van der Waals surface area contributed by atoms with Crippen LogP contribution in [0.1, 0.15) is 17.8 Å². The minimum absolute atomic E-state index is 0.282. The number of rotatable bonds is 5. The lowest BCUT2D eigenvalue weighted by molar-refractivity contribution is -0.145.